The molecule has 2 N–H and O–H groups in total. The van der Waals surface area contributed by atoms with Crippen LogP contribution in [0.4, 0.5) is 18.9 Å². The van der Waals surface area contributed by atoms with Crippen LogP contribution in [0.15, 0.2) is 24.4 Å². The summed E-state index contributed by atoms with van der Waals surface area (Å²) in [6.07, 6.45) is -2.91. The Kier molecular flexibility index (Phi) is 2.06. The number of hydrogen-bond acceptors (Lipinski definition) is 2. The number of nitrogen functional groups attached to an aromatic ring is 1. The number of benzene rings is 1. The van der Waals surface area contributed by atoms with Crippen molar-refractivity contribution >= 4 is 16.6 Å². The van der Waals surface area contributed by atoms with E-state index in [0.717, 1.165) is 4.68 Å². The largest absolute Gasteiger partial charge is 0.408 e. The van der Waals surface area contributed by atoms with Crippen LogP contribution in [0.5, 0.6) is 0 Å². The van der Waals surface area contributed by atoms with Gasteiger partial charge in [-0.15, -0.1) is 0 Å². The molecule has 80 valence electrons. The molecule has 1 aromatic carbocycles. The molecule has 0 aliphatic rings. The topological polar surface area (TPSA) is 43.8 Å². The first-order valence-electron chi connectivity index (χ1n) is 4.23. The third kappa shape index (κ3) is 2.20. The Hall–Kier alpha value is -1.72. The third-order valence-corrected chi connectivity index (χ3v) is 1.92. The lowest BCUT2D eigenvalue weighted by Crippen LogP contribution is -2.17. The van der Waals surface area contributed by atoms with Gasteiger partial charge < -0.3 is 5.73 Å². The average molecular weight is 215 g/mol. The number of nitrogens with two attached hydrogens (primary N) is 1. The van der Waals surface area contributed by atoms with Crippen LogP contribution in [-0.4, -0.2) is 16.0 Å². The molecule has 0 bridgehead atoms. The molecular formula is C9H8F3N3. The highest BCUT2D eigenvalue weighted by Crippen LogP contribution is 2.20. The minimum atomic E-state index is -4.26. The average Bonchev–Trinajstić information content (AvgIpc) is 2.42. The van der Waals surface area contributed by atoms with E-state index in [-0.39, 0.29) is 0 Å². The highest BCUT2D eigenvalue weighted by Gasteiger charge is 2.28. The van der Waals surface area contributed by atoms with Crippen LogP contribution in [0.2, 0.25) is 0 Å². The fourth-order valence-corrected chi connectivity index (χ4v) is 1.35. The summed E-state index contributed by atoms with van der Waals surface area (Å²) in [5.41, 5.74) is 6.45. The number of aromatic nitrogens is 2. The third-order valence-electron chi connectivity index (χ3n) is 1.92. The minimum absolute atomic E-state index is 0.472. The van der Waals surface area contributed by atoms with E-state index in [9.17, 15) is 13.2 Å². The number of rotatable bonds is 1. The van der Waals surface area contributed by atoms with Gasteiger partial charge in [0.25, 0.3) is 0 Å². The molecule has 0 aliphatic heterocycles. The summed E-state index contributed by atoms with van der Waals surface area (Å²) in [6, 6.07) is 4.81. The van der Waals surface area contributed by atoms with Gasteiger partial charge in [-0.2, -0.15) is 18.3 Å². The van der Waals surface area contributed by atoms with Crippen molar-refractivity contribution in [2.24, 2.45) is 0 Å². The molecule has 0 spiro atoms. The van der Waals surface area contributed by atoms with Gasteiger partial charge in [0.05, 0.1) is 5.52 Å². The Bertz CT molecular complexity index is 487. The number of anilines is 1. The van der Waals surface area contributed by atoms with E-state index >= 15 is 0 Å². The van der Waals surface area contributed by atoms with E-state index in [1.807, 2.05) is 0 Å². The summed E-state index contributed by atoms with van der Waals surface area (Å²) in [5, 5.41) is 4.42. The first kappa shape index (κ1) is 9.82. The number of alkyl halides is 3. The first-order valence-corrected chi connectivity index (χ1v) is 4.23. The Morgan fingerprint density at radius 3 is 2.73 bits per heavy atom. The van der Waals surface area contributed by atoms with Crippen LogP contribution in [0, 0.1) is 0 Å². The van der Waals surface area contributed by atoms with Crippen molar-refractivity contribution in [3.8, 4) is 0 Å². The highest BCUT2D eigenvalue weighted by atomic mass is 19.4. The van der Waals surface area contributed by atoms with Gasteiger partial charge >= 0.3 is 6.18 Å². The van der Waals surface area contributed by atoms with Crippen molar-refractivity contribution in [2.75, 3.05) is 5.73 Å². The van der Waals surface area contributed by atoms with E-state index in [4.69, 9.17) is 5.73 Å². The van der Waals surface area contributed by atoms with E-state index < -0.39 is 12.7 Å². The van der Waals surface area contributed by atoms with Gasteiger partial charge in [-0.25, -0.2) is 0 Å². The maximum absolute atomic E-state index is 12.1. The molecule has 2 aromatic rings. The van der Waals surface area contributed by atoms with Crippen molar-refractivity contribution in [3.63, 3.8) is 0 Å². The number of hydrogen-bond donors (Lipinski definition) is 1. The van der Waals surface area contributed by atoms with Crippen LogP contribution in [0.25, 0.3) is 10.9 Å². The fourth-order valence-electron chi connectivity index (χ4n) is 1.35. The smallest absolute Gasteiger partial charge is 0.399 e. The molecule has 0 fully saturated rings. The van der Waals surface area contributed by atoms with Crippen molar-refractivity contribution in [1.29, 1.82) is 0 Å². The maximum atomic E-state index is 12.1. The first-order chi connectivity index (χ1) is 6.94. The molecule has 15 heavy (non-hydrogen) atoms. The molecule has 6 heteroatoms. The van der Waals surface area contributed by atoms with Crippen LogP contribution >= 0.6 is 0 Å². The molecule has 0 saturated carbocycles. The lowest BCUT2D eigenvalue weighted by atomic mass is 10.2. The summed E-state index contributed by atoms with van der Waals surface area (Å²) in [6.45, 7) is -1.08. The zero-order valence-electron chi connectivity index (χ0n) is 7.62. The zero-order chi connectivity index (χ0) is 11.1. The predicted molar refractivity (Wildman–Crippen MR) is 50.2 cm³/mol. The van der Waals surface area contributed by atoms with Gasteiger partial charge in [-0.3, -0.25) is 4.68 Å². The van der Waals surface area contributed by atoms with Crippen LogP contribution < -0.4 is 5.73 Å². The molecule has 0 unspecified atom stereocenters. The number of nitrogens with zero attached hydrogens (tertiary/aromatic N) is 2. The predicted octanol–water partition coefficient (Wildman–Crippen LogP) is 2.18. The van der Waals surface area contributed by atoms with Gasteiger partial charge in [-0.1, -0.05) is 0 Å². The monoisotopic (exact) mass is 215 g/mol. The van der Waals surface area contributed by atoms with Crippen molar-refractivity contribution in [1.82, 2.24) is 9.78 Å². The normalized spacial score (nSPS) is 12.2. The Labute approximate surface area is 83.3 Å². The molecule has 3 nitrogen and oxygen atoms in total. The van der Waals surface area contributed by atoms with Crippen molar-refractivity contribution in [3.05, 3.63) is 24.4 Å². The zero-order valence-corrected chi connectivity index (χ0v) is 7.62. The van der Waals surface area contributed by atoms with Gasteiger partial charge in [0.2, 0.25) is 0 Å². The van der Waals surface area contributed by atoms with Gasteiger partial charge in [0.1, 0.15) is 6.54 Å². The summed E-state index contributed by atoms with van der Waals surface area (Å²) < 4.78 is 37.1. The SMILES string of the molecule is Nc1ccc2cn(CC(F)(F)F)nc2c1. The molecule has 1 aromatic heterocycles. The van der Waals surface area contributed by atoms with Gasteiger partial charge in [-0.05, 0) is 18.2 Å². The van der Waals surface area contributed by atoms with E-state index in [2.05, 4.69) is 5.10 Å². The molecule has 0 saturated heterocycles. The Balaban J connectivity index is 2.39. The lowest BCUT2D eigenvalue weighted by molar-refractivity contribution is -0.142. The number of fused-ring (bicyclic) bond motifs is 1. The second-order valence-corrected chi connectivity index (χ2v) is 3.26. The fraction of sp³-hybridized carbons (Fsp3) is 0.222. The number of halogens is 3. The summed E-state index contributed by atoms with van der Waals surface area (Å²) in [7, 11) is 0. The molecule has 0 atom stereocenters. The Morgan fingerprint density at radius 2 is 2.07 bits per heavy atom. The second kappa shape index (κ2) is 3.15. The highest BCUT2D eigenvalue weighted by molar-refractivity contribution is 5.81. The molecule has 0 amide bonds. The van der Waals surface area contributed by atoms with E-state index in [1.165, 1.54) is 6.20 Å². The summed E-state index contributed by atoms with van der Waals surface area (Å²) in [4.78, 5) is 0. The van der Waals surface area contributed by atoms with Crippen LogP contribution in [-0.2, 0) is 6.54 Å². The maximum Gasteiger partial charge on any atom is 0.408 e. The van der Waals surface area contributed by atoms with E-state index in [1.54, 1.807) is 18.2 Å². The van der Waals surface area contributed by atoms with Crippen LogP contribution in [0.3, 0.4) is 0 Å². The molecule has 0 radical (unpaired) electrons. The molecule has 2 rings (SSSR count). The summed E-state index contributed by atoms with van der Waals surface area (Å²) in [5.74, 6) is 0. The molecule has 1 heterocycles. The van der Waals surface area contributed by atoms with Crippen molar-refractivity contribution < 1.29 is 13.2 Å². The molecule has 0 aliphatic carbocycles. The minimum Gasteiger partial charge on any atom is -0.399 e. The van der Waals surface area contributed by atoms with Crippen LogP contribution in [0.1, 0.15) is 0 Å². The summed E-state index contributed by atoms with van der Waals surface area (Å²) >= 11 is 0. The lowest BCUT2D eigenvalue weighted by Gasteiger charge is -2.04. The standard InChI is InChI=1S/C9H8F3N3/c10-9(11,12)5-15-4-6-1-2-7(13)3-8(6)14-15/h1-4H,5,13H2. The quantitative estimate of drug-likeness (QED) is 0.741. The second-order valence-electron chi connectivity index (χ2n) is 3.26. The Morgan fingerprint density at radius 1 is 1.33 bits per heavy atom. The van der Waals surface area contributed by atoms with Crippen molar-refractivity contribution in [2.45, 2.75) is 12.7 Å². The molecular weight excluding hydrogens is 207 g/mol. The van der Waals surface area contributed by atoms with Gasteiger partial charge in [0.15, 0.2) is 0 Å². The van der Waals surface area contributed by atoms with Gasteiger partial charge in [0, 0.05) is 17.3 Å². The van der Waals surface area contributed by atoms with E-state index in [0.29, 0.717) is 16.6 Å².